The van der Waals surface area contributed by atoms with E-state index in [9.17, 15) is 4.79 Å². The number of aromatic nitrogens is 4. The quantitative estimate of drug-likeness (QED) is 0.731. The number of nitrogens with zero attached hydrogens (tertiary/aromatic N) is 5. The molecule has 7 nitrogen and oxygen atoms in total. The van der Waals surface area contributed by atoms with Crippen molar-refractivity contribution in [2.45, 2.75) is 12.5 Å². The van der Waals surface area contributed by atoms with E-state index >= 15 is 0 Å². The van der Waals surface area contributed by atoms with Crippen LogP contribution in [0.15, 0.2) is 55.2 Å². The van der Waals surface area contributed by atoms with E-state index in [1.165, 1.54) is 0 Å². The Morgan fingerprint density at radius 2 is 2.04 bits per heavy atom. The Bertz CT molecular complexity index is 877. The third kappa shape index (κ3) is 2.84. The average molecular weight is 335 g/mol. The number of methoxy groups -OCH3 is 1. The minimum atomic E-state index is -0.0122. The van der Waals surface area contributed by atoms with E-state index < -0.39 is 0 Å². The molecule has 3 aromatic rings. The summed E-state index contributed by atoms with van der Waals surface area (Å²) >= 11 is 0. The highest BCUT2D eigenvalue weighted by molar-refractivity contribution is 5.94. The van der Waals surface area contributed by atoms with Gasteiger partial charge in [-0.15, -0.1) is 10.2 Å². The minimum Gasteiger partial charge on any atom is -0.497 e. The summed E-state index contributed by atoms with van der Waals surface area (Å²) in [6.07, 6.45) is 5.68. The van der Waals surface area contributed by atoms with Crippen molar-refractivity contribution < 1.29 is 9.53 Å². The Balaban J connectivity index is 1.52. The predicted molar refractivity (Wildman–Crippen MR) is 90.5 cm³/mol. The van der Waals surface area contributed by atoms with Crippen molar-refractivity contribution in [2.75, 3.05) is 13.7 Å². The molecule has 1 atom stereocenters. The van der Waals surface area contributed by atoms with E-state index in [-0.39, 0.29) is 11.9 Å². The third-order valence-corrected chi connectivity index (χ3v) is 4.44. The van der Waals surface area contributed by atoms with Crippen LogP contribution in [0.25, 0.3) is 5.82 Å². The van der Waals surface area contributed by atoms with Gasteiger partial charge in [0.15, 0.2) is 0 Å². The second kappa shape index (κ2) is 6.35. The lowest BCUT2D eigenvalue weighted by Gasteiger charge is -2.41. The van der Waals surface area contributed by atoms with Crippen LogP contribution in [-0.2, 0) is 0 Å². The lowest BCUT2D eigenvalue weighted by Crippen LogP contribution is -2.45. The van der Waals surface area contributed by atoms with Crippen molar-refractivity contribution in [1.82, 2.24) is 24.6 Å². The number of pyridine rings is 1. The molecule has 3 heterocycles. The summed E-state index contributed by atoms with van der Waals surface area (Å²) < 4.78 is 6.97. The number of benzene rings is 1. The summed E-state index contributed by atoms with van der Waals surface area (Å²) in [5.74, 6) is 1.47. The Hall–Kier alpha value is -3.22. The number of ether oxygens (including phenoxy) is 1. The highest BCUT2D eigenvalue weighted by atomic mass is 16.5. The zero-order valence-electron chi connectivity index (χ0n) is 13.7. The molecule has 0 spiro atoms. The molecule has 0 bridgehead atoms. The molecule has 7 heteroatoms. The van der Waals surface area contributed by atoms with Crippen LogP contribution in [0, 0.1) is 0 Å². The summed E-state index contributed by atoms with van der Waals surface area (Å²) in [6.45, 7) is 0.744. The zero-order chi connectivity index (χ0) is 17.2. The van der Waals surface area contributed by atoms with Crippen LogP contribution in [0.1, 0.15) is 28.4 Å². The summed E-state index contributed by atoms with van der Waals surface area (Å²) in [7, 11) is 1.64. The number of rotatable bonds is 4. The van der Waals surface area contributed by atoms with Crippen molar-refractivity contribution >= 4 is 5.91 Å². The first-order valence-corrected chi connectivity index (χ1v) is 8.02. The molecule has 2 aromatic heterocycles. The molecule has 1 aliphatic rings. The van der Waals surface area contributed by atoms with Gasteiger partial charge in [0, 0.05) is 12.7 Å². The van der Waals surface area contributed by atoms with Gasteiger partial charge < -0.3 is 9.64 Å². The Kier molecular flexibility index (Phi) is 3.89. The van der Waals surface area contributed by atoms with Crippen LogP contribution >= 0.6 is 0 Å². The molecule has 0 saturated carbocycles. The second-order valence-electron chi connectivity index (χ2n) is 5.85. The van der Waals surface area contributed by atoms with Gasteiger partial charge in [0.1, 0.15) is 24.2 Å². The molecule has 0 aliphatic carbocycles. The molecular formula is C18H17N5O2. The standard InChI is InChI=1S/C18H17N5O2/c1-25-15-4-2-3-13(9-15)16-7-8-23(16)18(24)14-5-6-17(19-10-14)22-11-20-21-12-22/h2-6,9-12,16H,7-8H2,1H3/t16-/m1/s1. The summed E-state index contributed by atoms with van der Waals surface area (Å²) in [5, 5.41) is 7.50. The van der Waals surface area contributed by atoms with Crippen molar-refractivity contribution in [1.29, 1.82) is 0 Å². The lowest BCUT2D eigenvalue weighted by atomic mass is 9.93. The molecule has 0 radical (unpaired) electrons. The van der Waals surface area contributed by atoms with E-state index in [2.05, 4.69) is 15.2 Å². The van der Waals surface area contributed by atoms with E-state index in [1.807, 2.05) is 29.2 Å². The van der Waals surface area contributed by atoms with Gasteiger partial charge in [0.05, 0.1) is 18.7 Å². The molecule has 25 heavy (non-hydrogen) atoms. The number of carbonyl (C=O) groups excluding carboxylic acids is 1. The topological polar surface area (TPSA) is 73.1 Å². The van der Waals surface area contributed by atoms with Gasteiger partial charge in [-0.25, -0.2) is 4.98 Å². The number of hydrogen-bond acceptors (Lipinski definition) is 5. The highest BCUT2D eigenvalue weighted by Gasteiger charge is 2.34. The fourth-order valence-electron chi connectivity index (χ4n) is 2.98. The van der Waals surface area contributed by atoms with Crippen molar-refractivity contribution in [2.24, 2.45) is 0 Å². The lowest BCUT2D eigenvalue weighted by molar-refractivity contribution is 0.0459. The highest BCUT2D eigenvalue weighted by Crippen LogP contribution is 2.35. The van der Waals surface area contributed by atoms with Crippen LogP contribution in [0.2, 0.25) is 0 Å². The van der Waals surface area contributed by atoms with Gasteiger partial charge in [-0.2, -0.15) is 0 Å². The van der Waals surface area contributed by atoms with Gasteiger partial charge in [0.2, 0.25) is 0 Å². The number of hydrogen-bond donors (Lipinski definition) is 0. The number of amides is 1. The molecule has 1 amide bonds. The number of likely N-dealkylation sites (tertiary alicyclic amines) is 1. The fourth-order valence-corrected chi connectivity index (χ4v) is 2.98. The molecule has 0 N–H and O–H groups in total. The zero-order valence-corrected chi connectivity index (χ0v) is 13.7. The van der Waals surface area contributed by atoms with Gasteiger partial charge >= 0.3 is 0 Å². The molecule has 1 aromatic carbocycles. The SMILES string of the molecule is COc1cccc([C@H]2CCN2C(=O)c2ccc(-n3cnnc3)nc2)c1. The predicted octanol–water partition coefficient (Wildman–Crippen LogP) is 2.26. The summed E-state index contributed by atoms with van der Waals surface area (Å²) in [4.78, 5) is 19.0. The van der Waals surface area contributed by atoms with Crippen LogP contribution in [0.4, 0.5) is 0 Å². The fraction of sp³-hybridized carbons (Fsp3) is 0.222. The Morgan fingerprint density at radius 1 is 1.20 bits per heavy atom. The van der Waals surface area contributed by atoms with Crippen LogP contribution < -0.4 is 4.74 Å². The normalized spacial score (nSPS) is 16.4. The maximum Gasteiger partial charge on any atom is 0.255 e. The second-order valence-corrected chi connectivity index (χ2v) is 5.85. The first kappa shape index (κ1) is 15.3. The van der Waals surface area contributed by atoms with E-state index in [1.54, 1.807) is 42.7 Å². The molecule has 1 aliphatic heterocycles. The van der Waals surface area contributed by atoms with Crippen molar-refractivity contribution in [3.8, 4) is 11.6 Å². The van der Waals surface area contributed by atoms with Gasteiger partial charge in [0.25, 0.3) is 5.91 Å². The molecule has 0 unspecified atom stereocenters. The summed E-state index contributed by atoms with van der Waals surface area (Å²) in [5.41, 5.74) is 1.66. The summed E-state index contributed by atoms with van der Waals surface area (Å²) in [6, 6.07) is 11.5. The van der Waals surface area contributed by atoms with E-state index in [0.29, 0.717) is 11.4 Å². The maximum atomic E-state index is 12.8. The van der Waals surface area contributed by atoms with Crippen LogP contribution in [-0.4, -0.2) is 44.2 Å². The van der Waals surface area contributed by atoms with Gasteiger partial charge in [-0.1, -0.05) is 12.1 Å². The minimum absolute atomic E-state index is 0.0122. The number of carbonyl (C=O) groups is 1. The smallest absolute Gasteiger partial charge is 0.255 e. The molecule has 4 rings (SSSR count). The Labute approximate surface area is 144 Å². The van der Waals surface area contributed by atoms with Crippen LogP contribution in [0.3, 0.4) is 0 Å². The molecule has 126 valence electrons. The monoisotopic (exact) mass is 335 g/mol. The van der Waals surface area contributed by atoms with E-state index in [4.69, 9.17) is 4.74 Å². The molecular weight excluding hydrogens is 318 g/mol. The van der Waals surface area contributed by atoms with Gasteiger partial charge in [-0.3, -0.25) is 9.36 Å². The van der Waals surface area contributed by atoms with Crippen molar-refractivity contribution in [3.05, 3.63) is 66.4 Å². The van der Waals surface area contributed by atoms with Crippen LogP contribution in [0.5, 0.6) is 5.75 Å². The maximum absolute atomic E-state index is 12.8. The average Bonchev–Trinajstić information content (AvgIpc) is 3.16. The largest absolute Gasteiger partial charge is 0.497 e. The van der Waals surface area contributed by atoms with Crippen molar-refractivity contribution in [3.63, 3.8) is 0 Å². The molecule has 1 fully saturated rings. The molecule has 1 saturated heterocycles. The third-order valence-electron chi connectivity index (χ3n) is 4.44. The van der Waals surface area contributed by atoms with E-state index in [0.717, 1.165) is 24.3 Å². The first-order valence-electron chi connectivity index (χ1n) is 8.02. The Morgan fingerprint density at radius 3 is 2.68 bits per heavy atom. The van der Waals surface area contributed by atoms with Gasteiger partial charge in [-0.05, 0) is 36.2 Å². The first-order chi connectivity index (χ1) is 12.3.